The Labute approximate surface area is 195 Å². The van der Waals surface area contributed by atoms with E-state index in [9.17, 15) is 19.2 Å². The summed E-state index contributed by atoms with van der Waals surface area (Å²) in [5.74, 6) is -2.84. The first-order chi connectivity index (χ1) is 15.6. The van der Waals surface area contributed by atoms with Crippen molar-refractivity contribution in [3.05, 3.63) is 52.4 Å². The van der Waals surface area contributed by atoms with Gasteiger partial charge in [0, 0.05) is 46.1 Å². The first-order valence-corrected chi connectivity index (χ1v) is 10.4. The van der Waals surface area contributed by atoms with Crippen molar-refractivity contribution in [3.63, 3.8) is 0 Å². The van der Waals surface area contributed by atoms with Crippen LogP contribution in [0.4, 0.5) is 5.82 Å². The van der Waals surface area contributed by atoms with Crippen LogP contribution in [0.1, 0.15) is 21.6 Å². The van der Waals surface area contributed by atoms with Crippen molar-refractivity contribution in [3.8, 4) is 0 Å². The fraction of sp³-hybridized carbons (Fsp3) is 0.333. The average molecular weight is 474 g/mol. The number of anilines is 1. The van der Waals surface area contributed by atoms with Crippen molar-refractivity contribution in [2.75, 3.05) is 33.0 Å². The lowest BCUT2D eigenvalue weighted by molar-refractivity contribution is -0.136. The monoisotopic (exact) mass is 473 g/mol. The first-order valence-electron chi connectivity index (χ1n) is 10.0. The molecule has 1 aliphatic rings. The Balaban J connectivity index is 1.62. The van der Waals surface area contributed by atoms with Gasteiger partial charge in [-0.2, -0.15) is 0 Å². The molecule has 4 amide bonds. The van der Waals surface area contributed by atoms with E-state index in [2.05, 4.69) is 30.8 Å². The van der Waals surface area contributed by atoms with Gasteiger partial charge in [-0.25, -0.2) is 4.98 Å². The molecule has 3 N–H and O–H groups in total. The van der Waals surface area contributed by atoms with Crippen LogP contribution in [0.25, 0.3) is 0 Å². The molecule has 0 saturated carbocycles. The number of hydrogen-bond acceptors (Lipinski definition) is 7. The zero-order valence-electron chi connectivity index (χ0n) is 18.4. The summed E-state index contributed by atoms with van der Waals surface area (Å²) in [7, 11) is 5.00. The van der Waals surface area contributed by atoms with Crippen LogP contribution in [-0.2, 0) is 27.5 Å². The molecule has 1 unspecified atom stereocenters. The lowest BCUT2D eigenvalue weighted by Gasteiger charge is -2.22. The molecular weight excluding hydrogens is 450 g/mol. The SMILES string of the molecule is CN1Cc2cnc(C(=O)NC(CNC(=O)C(=O)Nc3ccc(Cl)cn3)C(=O)N(C)C)cc2C1. The number of pyridine rings is 2. The molecule has 1 aliphatic heterocycles. The maximum Gasteiger partial charge on any atom is 0.314 e. The van der Waals surface area contributed by atoms with Crippen LogP contribution in [0.5, 0.6) is 0 Å². The van der Waals surface area contributed by atoms with Gasteiger partial charge in [0.15, 0.2) is 0 Å². The molecule has 3 heterocycles. The van der Waals surface area contributed by atoms with Crippen LogP contribution in [0.3, 0.4) is 0 Å². The smallest absolute Gasteiger partial charge is 0.314 e. The van der Waals surface area contributed by atoms with Crippen LogP contribution < -0.4 is 16.0 Å². The molecule has 3 rings (SSSR count). The number of carbonyl (C=O) groups excluding carboxylic acids is 4. The van der Waals surface area contributed by atoms with E-state index < -0.39 is 29.7 Å². The third kappa shape index (κ3) is 6.24. The molecule has 1 atom stereocenters. The molecular formula is C21H24ClN7O4. The minimum atomic E-state index is -1.10. The van der Waals surface area contributed by atoms with Gasteiger partial charge in [-0.1, -0.05) is 11.6 Å². The normalized spacial score (nSPS) is 13.6. The molecule has 0 spiro atoms. The summed E-state index contributed by atoms with van der Waals surface area (Å²) in [6.45, 7) is 1.16. The van der Waals surface area contributed by atoms with Gasteiger partial charge in [0.05, 0.1) is 5.02 Å². The minimum absolute atomic E-state index is 0.141. The third-order valence-corrected chi connectivity index (χ3v) is 5.11. The third-order valence-electron chi connectivity index (χ3n) is 4.88. The highest BCUT2D eigenvalue weighted by atomic mass is 35.5. The maximum atomic E-state index is 12.7. The molecule has 0 saturated heterocycles. The zero-order valence-corrected chi connectivity index (χ0v) is 19.1. The van der Waals surface area contributed by atoms with E-state index in [0.29, 0.717) is 11.6 Å². The predicted octanol–water partition coefficient (Wildman–Crippen LogP) is 0.0169. The minimum Gasteiger partial charge on any atom is -0.347 e. The van der Waals surface area contributed by atoms with E-state index in [1.165, 1.54) is 37.3 Å². The van der Waals surface area contributed by atoms with Crippen LogP contribution >= 0.6 is 11.6 Å². The summed E-state index contributed by atoms with van der Waals surface area (Å²) >= 11 is 5.74. The Bertz CT molecular complexity index is 1070. The van der Waals surface area contributed by atoms with E-state index in [1.807, 2.05) is 7.05 Å². The van der Waals surface area contributed by atoms with Gasteiger partial charge in [-0.3, -0.25) is 29.1 Å². The highest BCUT2D eigenvalue weighted by molar-refractivity contribution is 6.39. The van der Waals surface area contributed by atoms with E-state index in [1.54, 1.807) is 12.3 Å². The second kappa shape index (κ2) is 10.4. The Morgan fingerprint density at radius 1 is 1.09 bits per heavy atom. The molecule has 11 nitrogen and oxygen atoms in total. The number of nitrogens with one attached hydrogen (secondary N) is 3. The highest BCUT2D eigenvalue weighted by Crippen LogP contribution is 2.20. The van der Waals surface area contributed by atoms with Gasteiger partial charge in [-0.15, -0.1) is 0 Å². The quantitative estimate of drug-likeness (QED) is 0.503. The lowest BCUT2D eigenvalue weighted by Crippen LogP contribution is -2.53. The van der Waals surface area contributed by atoms with Crippen molar-refractivity contribution in [2.24, 2.45) is 0 Å². The fourth-order valence-corrected chi connectivity index (χ4v) is 3.33. The van der Waals surface area contributed by atoms with Gasteiger partial charge in [0.2, 0.25) is 5.91 Å². The van der Waals surface area contributed by atoms with E-state index >= 15 is 0 Å². The van der Waals surface area contributed by atoms with Crippen molar-refractivity contribution in [1.82, 2.24) is 30.4 Å². The number of likely N-dealkylation sites (N-methyl/N-ethyl adjacent to an activating group) is 1. The number of hydrogen-bond donors (Lipinski definition) is 3. The number of fused-ring (bicyclic) bond motifs is 1. The molecule has 0 bridgehead atoms. The van der Waals surface area contributed by atoms with Crippen molar-refractivity contribution in [1.29, 1.82) is 0 Å². The second-order valence-corrected chi connectivity index (χ2v) is 8.23. The highest BCUT2D eigenvalue weighted by Gasteiger charge is 2.26. The van der Waals surface area contributed by atoms with Crippen LogP contribution in [0.15, 0.2) is 30.6 Å². The maximum absolute atomic E-state index is 12.7. The van der Waals surface area contributed by atoms with E-state index in [0.717, 1.165) is 17.7 Å². The lowest BCUT2D eigenvalue weighted by atomic mass is 10.1. The summed E-state index contributed by atoms with van der Waals surface area (Å²) in [6, 6.07) is 3.54. The Morgan fingerprint density at radius 3 is 2.48 bits per heavy atom. The van der Waals surface area contributed by atoms with Gasteiger partial charge in [-0.05, 0) is 36.4 Å². The van der Waals surface area contributed by atoms with Gasteiger partial charge in [0.1, 0.15) is 17.6 Å². The van der Waals surface area contributed by atoms with Gasteiger partial charge >= 0.3 is 11.8 Å². The summed E-state index contributed by atoms with van der Waals surface area (Å²) in [5, 5.41) is 7.65. The summed E-state index contributed by atoms with van der Waals surface area (Å²) in [4.78, 5) is 61.0. The standard InChI is InChI=1S/C21H24ClN7O4/c1-28(2)21(33)16(9-25-19(31)20(32)27-17-5-4-14(22)8-24-17)26-18(30)15-6-12-10-29(3)11-13(12)7-23-15/h4-8,16H,9-11H2,1-3H3,(H,25,31)(H,26,30)(H,24,27,32). The van der Waals surface area contributed by atoms with E-state index in [-0.39, 0.29) is 18.1 Å². The number of nitrogens with zero attached hydrogens (tertiary/aromatic N) is 4. The van der Waals surface area contributed by atoms with Crippen LogP contribution in [-0.4, -0.2) is 77.1 Å². The van der Waals surface area contributed by atoms with Crippen molar-refractivity contribution in [2.45, 2.75) is 19.1 Å². The number of aromatic nitrogens is 2. The Kier molecular flexibility index (Phi) is 7.56. The van der Waals surface area contributed by atoms with Crippen LogP contribution in [0, 0.1) is 0 Å². The molecule has 174 valence electrons. The number of carbonyl (C=O) groups is 4. The van der Waals surface area contributed by atoms with E-state index in [4.69, 9.17) is 11.6 Å². The molecule has 2 aromatic rings. The van der Waals surface area contributed by atoms with Gasteiger partial charge < -0.3 is 20.9 Å². The first kappa shape index (κ1) is 24.1. The molecule has 33 heavy (non-hydrogen) atoms. The number of halogens is 1. The summed E-state index contributed by atoms with van der Waals surface area (Å²) in [6.07, 6.45) is 2.97. The topological polar surface area (TPSA) is 137 Å². The molecule has 0 aromatic carbocycles. The fourth-order valence-electron chi connectivity index (χ4n) is 3.22. The largest absolute Gasteiger partial charge is 0.347 e. The summed E-state index contributed by atoms with van der Waals surface area (Å²) in [5.41, 5.74) is 2.20. The molecule has 12 heteroatoms. The molecule has 0 fully saturated rings. The molecule has 0 radical (unpaired) electrons. The Hall–Kier alpha value is -3.57. The van der Waals surface area contributed by atoms with Crippen molar-refractivity contribution >= 4 is 41.0 Å². The number of rotatable bonds is 6. The average Bonchev–Trinajstić information content (AvgIpc) is 3.16. The molecule has 2 aromatic heterocycles. The number of amides is 4. The predicted molar refractivity (Wildman–Crippen MR) is 120 cm³/mol. The van der Waals surface area contributed by atoms with Gasteiger partial charge in [0.25, 0.3) is 5.91 Å². The zero-order chi connectivity index (χ0) is 24.1. The summed E-state index contributed by atoms with van der Waals surface area (Å²) < 4.78 is 0. The Morgan fingerprint density at radius 2 is 1.82 bits per heavy atom. The van der Waals surface area contributed by atoms with Crippen molar-refractivity contribution < 1.29 is 19.2 Å². The van der Waals surface area contributed by atoms with Crippen LogP contribution in [0.2, 0.25) is 5.02 Å². The molecule has 0 aliphatic carbocycles. The second-order valence-electron chi connectivity index (χ2n) is 7.80.